The number of hydrazine groups is 1. The Labute approximate surface area is 116 Å². The van der Waals surface area contributed by atoms with Gasteiger partial charge in [0.05, 0.1) is 18.8 Å². The molecule has 0 amide bonds. The normalized spacial score (nSPS) is 10.3. The molecule has 108 valence electrons. The Morgan fingerprint density at radius 3 is 2.75 bits per heavy atom. The highest BCUT2D eigenvalue weighted by atomic mass is 16.5. The van der Waals surface area contributed by atoms with Crippen LogP contribution in [0.5, 0.6) is 6.01 Å². The molecule has 0 saturated carbocycles. The molecule has 2 heterocycles. The Morgan fingerprint density at radius 2 is 2.10 bits per heavy atom. The lowest BCUT2D eigenvalue weighted by molar-refractivity contribution is 0.292. The number of aromatic nitrogens is 5. The van der Waals surface area contributed by atoms with Crippen LogP contribution in [0.25, 0.3) is 0 Å². The van der Waals surface area contributed by atoms with Crippen molar-refractivity contribution in [1.29, 1.82) is 0 Å². The number of nitrogens with one attached hydrogen (secondary N) is 2. The van der Waals surface area contributed by atoms with Gasteiger partial charge < -0.3 is 10.1 Å². The van der Waals surface area contributed by atoms with E-state index in [1.807, 2.05) is 20.0 Å². The van der Waals surface area contributed by atoms with Crippen molar-refractivity contribution in [2.75, 3.05) is 17.3 Å². The third kappa shape index (κ3) is 3.54. The summed E-state index contributed by atoms with van der Waals surface area (Å²) in [7, 11) is 1.87. The van der Waals surface area contributed by atoms with Crippen LogP contribution < -0.4 is 21.3 Å². The van der Waals surface area contributed by atoms with Crippen LogP contribution in [0.15, 0.2) is 12.3 Å². The smallest absolute Gasteiger partial charge is 0.323 e. The fourth-order valence-electron chi connectivity index (χ4n) is 1.50. The molecule has 0 radical (unpaired) electrons. The molecule has 9 heteroatoms. The molecular formula is C11H18N8O. The average Bonchev–Trinajstić information content (AvgIpc) is 2.88. The predicted molar refractivity (Wildman–Crippen MR) is 74.0 cm³/mol. The molecular weight excluding hydrogens is 260 g/mol. The summed E-state index contributed by atoms with van der Waals surface area (Å²) in [5, 5.41) is 7.17. The number of nitrogens with two attached hydrogens (primary N) is 1. The van der Waals surface area contributed by atoms with Gasteiger partial charge in [-0.2, -0.15) is 20.1 Å². The summed E-state index contributed by atoms with van der Waals surface area (Å²) >= 11 is 0. The second-order valence-electron chi connectivity index (χ2n) is 4.06. The Morgan fingerprint density at radius 1 is 1.30 bits per heavy atom. The van der Waals surface area contributed by atoms with E-state index in [4.69, 9.17) is 10.6 Å². The molecule has 0 bridgehead atoms. The summed E-state index contributed by atoms with van der Waals surface area (Å²) in [6.45, 7) is 3.08. The fraction of sp³-hybridized carbons (Fsp3) is 0.455. The van der Waals surface area contributed by atoms with Gasteiger partial charge in [0.15, 0.2) is 0 Å². The van der Waals surface area contributed by atoms with Crippen molar-refractivity contribution < 1.29 is 4.74 Å². The zero-order valence-corrected chi connectivity index (χ0v) is 11.5. The summed E-state index contributed by atoms with van der Waals surface area (Å²) in [4.78, 5) is 12.3. The van der Waals surface area contributed by atoms with Crippen molar-refractivity contribution in [3.63, 3.8) is 0 Å². The first-order valence-corrected chi connectivity index (χ1v) is 6.29. The van der Waals surface area contributed by atoms with Crippen molar-refractivity contribution in [3.8, 4) is 6.01 Å². The van der Waals surface area contributed by atoms with Gasteiger partial charge >= 0.3 is 6.01 Å². The highest BCUT2D eigenvalue weighted by Gasteiger charge is 2.07. The number of nitrogen functional groups attached to an aromatic ring is 1. The van der Waals surface area contributed by atoms with E-state index in [-0.39, 0.29) is 12.0 Å². The summed E-state index contributed by atoms with van der Waals surface area (Å²) < 4.78 is 7.15. The van der Waals surface area contributed by atoms with Gasteiger partial charge in [0.2, 0.25) is 11.9 Å². The first-order chi connectivity index (χ1) is 9.72. The summed E-state index contributed by atoms with van der Waals surface area (Å²) in [5.74, 6) is 5.97. The van der Waals surface area contributed by atoms with Gasteiger partial charge in [-0.1, -0.05) is 6.92 Å². The minimum atomic E-state index is 0.238. The maximum atomic E-state index is 5.38. The Balaban J connectivity index is 2.07. The van der Waals surface area contributed by atoms with Crippen molar-refractivity contribution >= 4 is 11.9 Å². The number of nitrogens with zero attached hydrogens (tertiary/aromatic N) is 5. The van der Waals surface area contributed by atoms with Crippen LogP contribution in [0.4, 0.5) is 11.9 Å². The van der Waals surface area contributed by atoms with Gasteiger partial charge in [-0.3, -0.25) is 10.1 Å². The van der Waals surface area contributed by atoms with E-state index in [0.29, 0.717) is 19.1 Å². The van der Waals surface area contributed by atoms with E-state index in [1.165, 1.54) is 0 Å². The molecule has 0 saturated heterocycles. The van der Waals surface area contributed by atoms with Crippen molar-refractivity contribution in [2.24, 2.45) is 12.9 Å². The lowest BCUT2D eigenvalue weighted by Crippen LogP contribution is -2.15. The zero-order valence-electron chi connectivity index (χ0n) is 11.5. The summed E-state index contributed by atoms with van der Waals surface area (Å²) in [5.41, 5.74) is 3.39. The molecule has 20 heavy (non-hydrogen) atoms. The van der Waals surface area contributed by atoms with E-state index in [1.54, 1.807) is 10.9 Å². The number of hydrogen-bond acceptors (Lipinski definition) is 8. The quantitative estimate of drug-likeness (QED) is 0.489. The molecule has 0 atom stereocenters. The summed E-state index contributed by atoms with van der Waals surface area (Å²) in [6, 6.07) is 2.15. The molecule has 0 aliphatic carbocycles. The van der Waals surface area contributed by atoms with E-state index < -0.39 is 0 Å². The number of ether oxygens (including phenoxy) is 1. The second kappa shape index (κ2) is 6.66. The van der Waals surface area contributed by atoms with Crippen LogP contribution in [0.3, 0.4) is 0 Å². The van der Waals surface area contributed by atoms with Crippen molar-refractivity contribution in [3.05, 3.63) is 18.0 Å². The fourth-order valence-corrected chi connectivity index (χ4v) is 1.50. The number of hydrogen-bond donors (Lipinski definition) is 3. The van der Waals surface area contributed by atoms with Crippen LogP contribution in [0.1, 0.15) is 19.0 Å². The topological polar surface area (TPSA) is 116 Å². The molecule has 0 spiro atoms. The molecule has 2 aromatic rings. The largest absolute Gasteiger partial charge is 0.463 e. The first-order valence-electron chi connectivity index (χ1n) is 6.29. The van der Waals surface area contributed by atoms with Gasteiger partial charge in [0, 0.05) is 13.2 Å². The second-order valence-corrected chi connectivity index (χ2v) is 4.06. The lowest BCUT2D eigenvalue weighted by Gasteiger charge is -2.09. The van der Waals surface area contributed by atoms with E-state index >= 15 is 0 Å². The van der Waals surface area contributed by atoms with Gasteiger partial charge in [-0.05, 0) is 12.5 Å². The van der Waals surface area contributed by atoms with Crippen LogP contribution in [-0.2, 0) is 13.6 Å². The first kappa shape index (κ1) is 14.0. The van der Waals surface area contributed by atoms with Crippen LogP contribution in [0.2, 0.25) is 0 Å². The Bertz CT molecular complexity index is 555. The van der Waals surface area contributed by atoms with Gasteiger partial charge in [-0.15, -0.1) is 0 Å². The highest BCUT2D eigenvalue weighted by Crippen LogP contribution is 2.11. The Kier molecular flexibility index (Phi) is 4.66. The van der Waals surface area contributed by atoms with E-state index in [2.05, 4.69) is 30.8 Å². The molecule has 4 N–H and O–H groups in total. The molecule has 0 aliphatic rings. The molecule has 0 aromatic carbocycles. The third-order valence-corrected chi connectivity index (χ3v) is 2.53. The van der Waals surface area contributed by atoms with E-state index in [0.717, 1.165) is 12.1 Å². The minimum Gasteiger partial charge on any atom is -0.463 e. The SMILES string of the molecule is CCCOc1nc(NN)nc(NCc2ccnn2C)n1. The minimum absolute atomic E-state index is 0.238. The monoisotopic (exact) mass is 278 g/mol. The maximum Gasteiger partial charge on any atom is 0.323 e. The maximum absolute atomic E-state index is 5.38. The van der Waals surface area contributed by atoms with Crippen LogP contribution in [-0.4, -0.2) is 31.3 Å². The van der Waals surface area contributed by atoms with Crippen LogP contribution in [0, 0.1) is 0 Å². The standard InChI is InChI=1S/C11H18N8O/c1-3-6-20-11-16-9(15-10(17-11)18-12)13-7-8-4-5-14-19(8)2/h4-5H,3,6-7,12H2,1-2H3,(H2,13,15,16,17,18). The van der Waals surface area contributed by atoms with Crippen LogP contribution >= 0.6 is 0 Å². The highest BCUT2D eigenvalue weighted by molar-refractivity contribution is 5.35. The predicted octanol–water partition coefficient (Wildman–Crippen LogP) is 0.292. The molecule has 0 unspecified atom stereocenters. The molecule has 2 rings (SSSR count). The number of aryl methyl sites for hydroxylation is 1. The van der Waals surface area contributed by atoms with E-state index in [9.17, 15) is 0 Å². The third-order valence-electron chi connectivity index (χ3n) is 2.53. The van der Waals surface area contributed by atoms with Crippen molar-refractivity contribution in [1.82, 2.24) is 24.7 Å². The number of rotatable bonds is 7. The van der Waals surface area contributed by atoms with Crippen molar-refractivity contribution in [2.45, 2.75) is 19.9 Å². The number of anilines is 2. The van der Waals surface area contributed by atoms with Gasteiger partial charge in [0.1, 0.15) is 0 Å². The summed E-state index contributed by atoms with van der Waals surface area (Å²) in [6.07, 6.45) is 2.60. The Hall–Kier alpha value is -2.42. The van der Waals surface area contributed by atoms with Gasteiger partial charge in [-0.25, -0.2) is 5.84 Å². The lowest BCUT2D eigenvalue weighted by atomic mass is 10.4. The van der Waals surface area contributed by atoms with Gasteiger partial charge in [0.25, 0.3) is 0 Å². The molecule has 0 fully saturated rings. The average molecular weight is 278 g/mol. The molecule has 2 aromatic heterocycles. The molecule has 9 nitrogen and oxygen atoms in total. The zero-order chi connectivity index (χ0) is 14.4. The molecule has 0 aliphatic heterocycles.